The first-order chi connectivity index (χ1) is 15.3. The summed E-state index contributed by atoms with van der Waals surface area (Å²) in [4.78, 5) is 24.4. The number of hydrogen-bond donors (Lipinski definition) is 2. The summed E-state index contributed by atoms with van der Waals surface area (Å²) in [5.74, 6) is -3.74. The molecule has 1 aliphatic rings. The van der Waals surface area contributed by atoms with Crippen LogP contribution in [0.3, 0.4) is 0 Å². The molecule has 0 saturated carbocycles. The van der Waals surface area contributed by atoms with E-state index >= 15 is 0 Å². The minimum absolute atomic E-state index is 0.0799. The highest BCUT2D eigenvalue weighted by Gasteiger charge is 2.42. The van der Waals surface area contributed by atoms with Gasteiger partial charge in [0.25, 0.3) is 5.91 Å². The number of hydrogen-bond acceptors (Lipinski definition) is 3. The Hall–Kier alpha value is -3.31. The number of ether oxygens (including phenoxy) is 1. The van der Waals surface area contributed by atoms with Gasteiger partial charge in [0.1, 0.15) is 17.3 Å². The fraction of sp³-hybridized carbons (Fsp3) is 0.333. The summed E-state index contributed by atoms with van der Waals surface area (Å²) in [5.41, 5.74) is -4.63. The van der Waals surface area contributed by atoms with Crippen LogP contribution in [0.25, 0.3) is 0 Å². The van der Waals surface area contributed by atoms with E-state index in [1.54, 1.807) is 0 Å². The maximum absolute atomic E-state index is 13.8. The molecule has 0 bridgehead atoms. The molecule has 178 valence electrons. The van der Waals surface area contributed by atoms with Crippen molar-refractivity contribution in [2.75, 3.05) is 6.54 Å². The van der Waals surface area contributed by atoms with Crippen LogP contribution < -0.4 is 15.4 Å². The summed E-state index contributed by atoms with van der Waals surface area (Å²) in [6, 6.07) is 2.17. The molecule has 33 heavy (non-hydrogen) atoms. The minimum Gasteiger partial charge on any atom is -0.456 e. The van der Waals surface area contributed by atoms with Crippen molar-refractivity contribution in [1.82, 2.24) is 10.6 Å². The van der Waals surface area contributed by atoms with Gasteiger partial charge in [0.15, 0.2) is 0 Å². The van der Waals surface area contributed by atoms with Crippen molar-refractivity contribution in [2.24, 2.45) is 0 Å². The van der Waals surface area contributed by atoms with Gasteiger partial charge in [-0.3, -0.25) is 9.59 Å². The second-order valence-electron chi connectivity index (χ2n) is 7.42. The van der Waals surface area contributed by atoms with E-state index in [0.717, 1.165) is 18.2 Å². The average Bonchev–Trinajstić information content (AvgIpc) is 2.68. The first kappa shape index (κ1) is 24.3. The number of rotatable bonds is 4. The number of aryl methyl sites for hydroxylation is 1. The van der Waals surface area contributed by atoms with Gasteiger partial charge < -0.3 is 15.4 Å². The highest BCUT2D eigenvalue weighted by atomic mass is 19.4. The zero-order valence-corrected chi connectivity index (χ0v) is 17.0. The largest absolute Gasteiger partial charge is 0.456 e. The predicted molar refractivity (Wildman–Crippen MR) is 101 cm³/mol. The van der Waals surface area contributed by atoms with E-state index < -0.39 is 58.5 Å². The lowest BCUT2D eigenvalue weighted by molar-refractivity contribution is -0.143. The van der Waals surface area contributed by atoms with E-state index in [-0.39, 0.29) is 42.8 Å². The molecule has 0 aromatic heterocycles. The lowest BCUT2D eigenvalue weighted by Crippen LogP contribution is -2.45. The van der Waals surface area contributed by atoms with Gasteiger partial charge in [-0.1, -0.05) is 0 Å². The van der Waals surface area contributed by atoms with E-state index in [0.29, 0.717) is 0 Å². The fourth-order valence-electron chi connectivity index (χ4n) is 3.33. The zero-order chi connectivity index (χ0) is 24.6. The molecule has 1 aliphatic heterocycles. The van der Waals surface area contributed by atoms with Crippen molar-refractivity contribution in [2.45, 2.75) is 38.2 Å². The van der Waals surface area contributed by atoms with Crippen LogP contribution in [0.15, 0.2) is 30.3 Å². The molecule has 1 atom stereocenters. The Kier molecular flexibility index (Phi) is 6.57. The number of carbonyl (C=O) groups excluding carboxylic acids is 2. The molecule has 1 unspecified atom stereocenters. The van der Waals surface area contributed by atoms with Gasteiger partial charge in [-0.25, -0.2) is 4.39 Å². The monoisotopic (exact) mass is 478 g/mol. The van der Waals surface area contributed by atoms with Gasteiger partial charge >= 0.3 is 12.4 Å². The fourth-order valence-corrected chi connectivity index (χ4v) is 3.33. The van der Waals surface area contributed by atoms with Crippen molar-refractivity contribution in [3.05, 3.63) is 58.4 Å². The molecular weight excluding hydrogens is 461 g/mol. The van der Waals surface area contributed by atoms with Crippen molar-refractivity contribution in [3.63, 3.8) is 0 Å². The van der Waals surface area contributed by atoms with Crippen LogP contribution in [0, 0.1) is 12.7 Å². The van der Waals surface area contributed by atoms with Crippen molar-refractivity contribution < 1.29 is 45.1 Å². The summed E-state index contributed by atoms with van der Waals surface area (Å²) in [5, 5.41) is 4.75. The van der Waals surface area contributed by atoms with E-state index in [9.17, 15) is 40.3 Å². The van der Waals surface area contributed by atoms with E-state index in [2.05, 4.69) is 10.6 Å². The molecule has 5 nitrogen and oxygen atoms in total. The van der Waals surface area contributed by atoms with Gasteiger partial charge in [0, 0.05) is 19.0 Å². The van der Waals surface area contributed by atoms with Gasteiger partial charge in [-0.2, -0.15) is 26.3 Å². The van der Waals surface area contributed by atoms with Crippen LogP contribution in [-0.4, -0.2) is 24.4 Å². The highest BCUT2D eigenvalue weighted by molar-refractivity contribution is 5.99. The van der Waals surface area contributed by atoms with E-state index in [1.165, 1.54) is 6.92 Å². The summed E-state index contributed by atoms with van der Waals surface area (Å²) < 4.78 is 99.9. The third kappa shape index (κ3) is 5.74. The van der Waals surface area contributed by atoms with Gasteiger partial charge in [0.05, 0.1) is 16.7 Å². The number of benzene rings is 2. The summed E-state index contributed by atoms with van der Waals surface area (Å²) in [7, 11) is 0. The molecule has 1 saturated heterocycles. The molecule has 2 aromatic rings. The second kappa shape index (κ2) is 8.91. The van der Waals surface area contributed by atoms with Gasteiger partial charge in [0.2, 0.25) is 5.91 Å². The normalized spacial score (nSPS) is 16.8. The molecule has 2 N–H and O–H groups in total. The Morgan fingerprint density at radius 2 is 1.76 bits per heavy atom. The molecular formula is C21H17F7N2O3. The van der Waals surface area contributed by atoms with Crippen LogP contribution >= 0.6 is 0 Å². The SMILES string of the molecule is Cc1cc(F)ccc1Oc1cc(C(F)(F)F)cc(C(F)(F)F)c1C(=O)NC1CCNC(=O)C1. The molecule has 2 aromatic carbocycles. The quantitative estimate of drug-likeness (QED) is 0.610. The predicted octanol–water partition coefficient (Wildman–Crippen LogP) is 4.97. The maximum atomic E-state index is 13.8. The summed E-state index contributed by atoms with van der Waals surface area (Å²) in [6.45, 7) is 1.50. The first-order valence-corrected chi connectivity index (χ1v) is 9.59. The number of piperidine rings is 1. The molecule has 0 radical (unpaired) electrons. The highest BCUT2D eigenvalue weighted by Crippen LogP contribution is 2.43. The number of nitrogens with one attached hydrogen (secondary N) is 2. The average molecular weight is 478 g/mol. The summed E-state index contributed by atoms with van der Waals surface area (Å²) >= 11 is 0. The van der Waals surface area contributed by atoms with Crippen LogP contribution in [-0.2, 0) is 17.1 Å². The van der Waals surface area contributed by atoms with Crippen molar-refractivity contribution in [1.29, 1.82) is 0 Å². The molecule has 2 amide bonds. The Labute approximate surface area is 182 Å². The second-order valence-corrected chi connectivity index (χ2v) is 7.42. The lowest BCUT2D eigenvalue weighted by Gasteiger charge is -2.25. The van der Waals surface area contributed by atoms with Crippen molar-refractivity contribution >= 4 is 11.8 Å². The Balaban J connectivity index is 2.14. The van der Waals surface area contributed by atoms with Crippen LogP contribution in [0.4, 0.5) is 30.7 Å². The third-order valence-corrected chi connectivity index (χ3v) is 4.90. The van der Waals surface area contributed by atoms with Crippen molar-refractivity contribution in [3.8, 4) is 11.5 Å². The molecule has 0 spiro atoms. The first-order valence-electron chi connectivity index (χ1n) is 9.59. The van der Waals surface area contributed by atoms with Crippen LogP contribution in [0.1, 0.15) is 39.9 Å². The van der Waals surface area contributed by atoms with E-state index in [4.69, 9.17) is 4.74 Å². The standard InChI is InChI=1S/C21H17F7N2O3/c1-10-6-12(22)2-3-15(10)33-16-8-11(20(23,24)25)7-14(21(26,27)28)18(16)19(32)30-13-4-5-29-17(31)9-13/h2-3,6-8,13H,4-5,9H2,1H3,(H,29,31)(H,30,32). The third-order valence-electron chi connectivity index (χ3n) is 4.90. The zero-order valence-electron chi connectivity index (χ0n) is 17.0. The molecule has 0 aliphatic carbocycles. The van der Waals surface area contributed by atoms with Crippen LogP contribution in [0.2, 0.25) is 0 Å². The van der Waals surface area contributed by atoms with Crippen LogP contribution in [0.5, 0.6) is 11.5 Å². The van der Waals surface area contributed by atoms with Gasteiger partial charge in [-0.05, 0) is 49.2 Å². The Bertz CT molecular complexity index is 1080. The lowest BCUT2D eigenvalue weighted by atomic mass is 9.99. The maximum Gasteiger partial charge on any atom is 0.417 e. The molecule has 1 fully saturated rings. The molecule has 12 heteroatoms. The number of amides is 2. The van der Waals surface area contributed by atoms with Gasteiger partial charge in [-0.15, -0.1) is 0 Å². The minimum atomic E-state index is -5.34. The molecule has 3 rings (SSSR count). The van der Waals surface area contributed by atoms with E-state index in [1.807, 2.05) is 0 Å². The molecule has 1 heterocycles. The summed E-state index contributed by atoms with van der Waals surface area (Å²) in [6.07, 6.45) is -10.5. The smallest absolute Gasteiger partial charge is 0.417 e. The number of carbonyl (C=O) groups is 2. The Morgan fingerprint density at radius 3 is 2.33 bits per heavy atom. The topological polar surface area (TPSA) is 67.4 Å². The number of halogens is 7. The Morgan fingerprint density at radius 1 is 1.06 bits per heavy atom. The number of alkyl halides is 6.